The molecule has 8 nitrogen and oxygen atoms in total. The predicted octanol–water partition coefficient (Wildman–Crippen LogP) is 0.863. The standard InChI is InChI=1S/C14H15BrN4O4S/c1-5-4-24-13-9(12(21)19(13)10(5)14(22)23)16-11(20)8-7(15)6(2)18(3)17-8/h9,13H,4H2,1-3H3,(H,16,20)(H,22,23)/t9-,13+/m1/s1. The fourth-order valence-electron chi connectivity index (χ4n) is 2.71. The average Bonchev–Trinajstić information content (AvgIpc) is 2.79. The molecule has 10 heteroatoms. The topological polar surface area (TPSA) is 105 Å². The summed E-state index contributed by atoms with van der Waals surface area (Å²) in [6, 6.07) is -0.751. The Hall–Kier alpha value is -1.81. The number of carboxylic acids is 1. The second kappa shape index (κ2) is 5.92. The molecule has 0 unspecified atom stereocenters. The Bertz CT molecular complexity index is 803. The summed E-state index contributed by atoms with van der Waals surface area (Å²) in [6.07, 6.45) is 0. The maximum atomic E-state index is 12.4. The first kappa shape index (κ1) is 17.0. The first-order valence-corrected chi connectivity index (χ1v) is 8.96. The number of fused-ring (bicyclic) bond motifs is 1. The van der Waals surface area contributed by atoms with Crippen LogP contribution in [-0.2, 0) is 16.6 Å². The summed E-state index contributed by atoms with van der Waals surface area (Å²) in [5, 5.41) is 15.7. The van der Waals surface area contributed by atoms with Crippen molar-refractivity contribution >= 4 is 45.5 Å². The molecule has 3 heterocycles. The maximum Gasteiger partial charge on any atom is 0.352 e. The minimum atomic E-state index is -1.13. The summed E-state index contributed by atoms with van der Waals surface area (Å²) >= 11 is 4.76. The van der Waals surface area contributed by atoms with Crippen molar-refractivity contribution < 1.29 is 19.5 Å². The summed E-state index contributed by atoms with van der Waals surface area (Å²) < 4.78 is 2.14. The smallest absolute Gasteiger partial charge is 0.352 e. The van der Waals surface area contributed by atoms with Gasteiger partial charge in [-0.05, 0) is 35.4 Å². The molecule has 1 aromatic rings. The Balaban J connectivity index is 1.79. The van der Waals surface area contributed by atoms with E-state index in [4.69, 9.17) is 0 Å². The monoisotopic (exact) mass is 414 g/mol. The van der Waals surface area contributed by atoms with E-state index in [1.807, 2.05) is 6.92 Å². The zero-order valence-electron chi connectivity index (χ0n) is 13.2. The molecule has 0 radical (unpaired) electrons. The van der Waals surface area contributed by atoms with Crippen molar-refractivity contribution in [3.63, 3.8) is 0 Å². The number of β-lactam (4-membered cyclic amide) rings is 1. The molecule has 2 aliphatic heterocycles. The lowest BCUT2D eigenvalue weighted by Gasteiger charge is -2.49. The zero-order chi connectivity index (χ0) is 17.8. The van der Waals surface area contributed by atoms with Crippen LogP contribution in [0.1, 0.15) is 23.1 Å². The zero-order valence-corrected chi connectivity index (χ0v) is 15.6. The normalized spacial score (nSPS) is 23.0. The Morgan fingerprint density at radius 3 is 2.62 bits per heavy atom. The molecule has 1 saturated heterocycles. The molecular weight excluding hydrogens is 400 g/mol. The summed E-state index contributed by atoms with van der Waals surface area (Å²) in [5.74, 6) is -1.50. The lowest BCUT2D eigenvalue weighted by Crippen LogP contribution is -2.70. The highest BCUT2D eigenvalue weighted by Gasteiger charge is 2.53. The van der Waals surface area contributed by atoms with Crippen LogP contribution in [0.3, 0.4) is 0 Å². The minimum Gasteiger partial charge on any atom is -0.477 e. The van der Waals surface area contributed by atoms with Crippen LogP contribution >= 0.6 is 27.7 Å². The lowest BCUT2D eigenvalue weighted by molar-refractivity contribution is -0.148. The molecule has 0 bridgehead atoms. The van der Waals surface area contributed by atoms with Crippen LogP contribution in [-0.4, -0.2) is 54.7 Å². The highest BCUT2D eigenvalue weighted by atomic mass is 79.9. The Kier molecular flexibility index (Phi) is 4.20. The number of aryl methyl sites for hydroxylation is 1. The van der Waals surface area contributed by atoms with Crippen LogP contribution in [0, 0.1) is 6.92 Å². The summed E-state index contributed by atoms with van der Waals surface area (Å²) in [5.41, 5.74) is 1.65. The number of nitrogens with zero attached hydrogens (tertiary/aromatic N) is 3. The van der Waals surface area contributed by atoms with E-state index in [2.05, 4.69) is 26.3 Å². The van der Waals surface area contributed by atoms with Gasteiger partial charge < -0.3 is 10.4 Å². The van der Waals surface area contributed by atoms with Gasteiger partial charge in [0.05, 0.1) is 10.2 Å². The number of hydrogen-bond donors (Lipinski definition) is 2. The molecule has 0 aromatic carbocycles. The third kappa shape index (κ3) is 2.44. The number of nitrogens with one attached hydrogen (secondary N) is 1. The van der Waals surface area contributed by atoms with Crippen molar-refractivity contribution in [2.75, 3.05) is 5.75 Å². The fourth-order valence-corrected chi connectivity index (χ4v) is 4.52. The first-order chi connectivity index (χ1) is 11.2. The number of aromatic nitrogens is 2. The van der Waals surface area contributed by atoms with Gasteiger partial charge in [0.2, 0.25) is 0 Å². The van der Waals surface area contributed by atoms with E-state index >= 15 is 0 Å². The quantitative estimate of drug-likeness (QED) is 0.710. The van der Waals surface area contributed by atoms with Crippen LogP contribution in [0.15, 0.2) is 15.7 Å². The molecule has 128 valence electrons. The maximum absolute atomic E-state index is 12.4. The molecule has 3 rings (SSSR count). The third-order valence-corrected chi connectivity index (χ3v) is 6.50. The van der Waals surface area contributed by atoms with E-state index in [0.717, 1.165) is 5.69 Å². The van der Waals surface area contributed by atoms with Crippen LogP contribution < -0.4 is 5.32 Å². The Labute approximate surface area is 150 Å². The Morgan fingerprint density at radius 2 is 2.08 bits per heavy atom. The van der Waals surface area contributed by atoms with Gasteiger partial charge in [-0.3, -0.25) is 19.2 Å². The van der Waals surface area contributed by atoms with Gasteiger partial charge in [0.1, 0.15) is 17.1 Å². The van der Waals surface area contributed by atoms with Crippen molar-refractivity contribution in [3.05, 3.63) is 27.1 Å². The predicted molar refractivity (Wildman–Crippen MR) is 90.3 cm³/mol. The van der Waals surface area contributed by atoms with E-state index < -0.39 is 29.2 Å². The second-order valence-corrected chi connectivity index (χ2v) is 7.56. The molecule has 2 aliphatic rings. The van der Waals surface area contributed by atoms with Gasteiger partial charge in [0.25, 0.3) is 11.8 Å². The number of aliphatic carboxylic acids is 1. The molecule has 2 amide bonds. The van der Waals surface area contributed by atoms with Crippen LogP contribution in [0.2, 0.25) is 0 Å². The lowest BCUT2D eigenvalue weighted by atomic mass is 10.0. The molecule has 0 aliphatic carbocycles. The summed E-state index contributed by atoms with van der Waals surface area (Å²) in [7, 11) is 1.72. The number of carbonyl (C=O) groups is 3. The van der Waals surface area contributed by atoms with E-state index in [1.54, 1.807) is 18.7 Å². The fraction of sp³-hybridized carbons (Fsp3) is 0.429. The molecule has 0 spiro atoms. The average molecular weight is 415 g/mol. The molecular formula is C14H15BrN4O4S. The van der Waals surface area contributed by atoms with Gasteiger partial charge >= 0.3 is 5.97 Å². The third-order valence-electron chi connectivity index (χ3n) is 4.12. The van der Waals surface area contributed by atoms with Crippen molar-refractivity contribution in [1.82, 2.24) is 20.0 Å². The molecule has 2 N–H and O–H groups in total. The van der Waals surface area contributed by atoms with Gasteiger partial charge in [0.15, 0.2) is 5.69 Å². The van der Waals surface area contributed by atoms with Crippen molar-refractivity contribution in [1.29, 1.82) is 0 Å². The largest absolute Gasteiger partial charge is 0.477 e. The molecule has 0 saturated carbocycles. The van der Waals surface area contributed by atoms with E-state index in [-0.39, 0.29) is 11.4 Å². The number of carbonyl (C=O) groups excluding carboxylic acids is 2. The van der Waals surface area contributed by atoms with E-state index in [0.29, 0.717) is 15.8 Å². The summed E-state index contributed by atoms with van der Waals surface area (Å²) in [6.45, 7) is 3.51. The van der Waals surface area contributed by atoms with Gasteiger partial charge in [-0.1, -0.05) is 0 Å². The van der Waals surface area contributed by atoms with Crippen LogP contribution in [0.4, 0.5) is 0 Å². The number of halogens is 1. The van der Waals surface area contributed by atoms with Crippen molar-refractivity contribution in [2.24, 2.45) is 7.05 Å². The SMILES string of the molecule is CC1=C(C(=O)O)N2C(=O)[C@@H](NC(=O)c3nn(C)c(C)c3Br)[C@@H]2SC1. The number of amides is 2. The highest BCUT2D eigenvalue weighted by molar-refractivity contribution is 9.10. The number of hydrogen-bond acceptors (Lipinski definition) is 5. The van der Waals surface area contributed by atoms with Gasteiger partial charge in [0, 0.05) is 12.8 Å². The number of rotatable bonds is 3. The van der Waals surface area contributed by atoms with Crippen LogP contribution in [0.25, 0.3) is 0 Å². The number of carboxylic acid groups (broad SMARTS) is 1. The van der Waals surface area contributed by atoms with Gasteiger partial charge in [-0.15, -0.1) is 11.8 Å². The van der Waals surface area contributed by atoms with Crippen molar-refractivity contribution in [3.8, 4) is 0 Å². The van der Waals surface area contributed by atoms with Crippen molar-refractivity contribution in [2.45, 2.75) is 25.3 Å². The van der Waals surface area contributed by atoms with E-state index in [1.165, 1.54) is 16.7 Å². The molecule has 24 heavy (non-hydrogen) atoms. The number of thioether (sulfide) groups is 1. The molecule has 1 aromatic heterocycles. The van der Waals surface area contributed by atoms with Gasteiger partial charge in [-0.2, -0.15) is 5.10 Å². The summed E-state index contributed by atoms with van der Waals surface area (Å²) in [4.78, 5) is 37.4. The molecule has 1 fully saturated rings. The molecule has 2 atom stereocenters. The second-order valence-electron chi connectivity index (χ2n) is 5.67. The minimum absolute atomic E-state index is 0.0177. The Morgan fingerprint density at radius 1 is 1.42 bits per heavy atom. The van der Waals surface area contributed by atoms with E-state index in [9.17, 15) is 19.5 Å². The van der Waals surface area contributed by atoms with Gasteiger partial charge in [-0.25, -0.2) is 4.79 Å². The van der Waals surface area contributed by atoms with Crippen LogP contribution in [0.5, 0.6) is 0 Å². The highest BCUT2D eigenvalue weighted by Crippen LogP contribution is 2.40. The first-order valence-electron chi connectivity index (χ1n) is 7.11.